The van der Waals surface area contributed by atoms with E-state index in [1.807, 2.05) is 23.6 Å². The van der Waals surface area contributed by atoms with Gasteiger partial charge in [-0.25, -0.2) is 8.42 Å². The first-order valence-corrected chi connectivity index (χ1v) is 13.1. The summed E-state index contributed by atoms with van der Waals surface area (Å²) in [5, 5.41) is 4.72. The second-order valence-corrected chi connectivity index (χ2v) is 10.5. The van der Waals surface area contributed by atoms with Gasteiger partial charge in [-0.2, -0.15) is 0 Å². The number of thiophene rings is 1. The Bertz CT molecular complexity index is 1190. The number of amides is 2. The second kappa shape index (κ2) is 11.1. The summed E-state index contributed by atoms with van der Waals surface area (Å²) in [5.41, 5.74) is 1.47. The molecule has 2 amide bonds. The highest BCUT2D eigenvalue weighted by molar-refractivity contribution is 7.90. The summed E-state index contributed by atoms with van der Waals surface area (Å²) in [7, 11) is -1.56. The van der Waals surface area contributed by atoms with Gasteiger partial charge in [0.25, 0.3) is 11.8 Å². The minimum absolute atomic E-state index is 0.108. The summed E-state index contributed by atoms with van der Waals surface area (Å²) >= 11 is 1.39. The molecule has 2 aromatic carbocycles. The summed E-state index contributed by atoms with van der Waals surface area (Å²) < 4.78 is 28.9. The molecule has 0 saturated heterocycles. The first-order chi connectivity index (χ1) is 15.7. The van der Waals surface area contributed by atoms with Crippen LogP contribution in [0.4, 0.5) is 0 Å². The van der Waals surface area contributed by atoms with E-state index in [1.165, 1.54) is 23.5 Å². The molecule has 3 rings (SSSR count). The third kappa shape index (κ3) is 7.16. The predicted molar refractivity (Wildman–Crippen MR) is 129 cm³/mol. The molecular formula is C24H26N2O5S2. The molecule has 9 heteroatoms. The van der Waals surface area contributed by atoms with Crippen LogP contribution in [0.3, 0.4) is 0 Å². The van der Waals surface area contributed by atoms with E-state index in [0.29, 0.717) is 42.3 Å². The van der Waals surface area contributed by atoms with Gasteiger partial charge in [-0.15, -0.1) is 11.3 Å². The lowest BCUT2D eigenvalue weighted by Gasteiger charge is -2.17. The van der Waals surface area contributed by atoms with Crippen molar-refractivity contribution < 1.29 is 22.7 Å². The Morgan fingerprint density at radius 1 is 1.06 bits per heavy atom. The van der Waals surface area contributed by atoms with Crippen LogP contribution in [-0.2, 0) is 16.4 Å². The van der Waals surface area contributed by atoms with E-state index in [-0.39, 0.29) is 16.7 Å². The zero-order valence-electron chi connectivity index (χ0n) is 18.5. The minimum Gasteiger partial charge on any atom is -0.493 e. The van der Waals surface area contributed by atoms with Gasteiger partial charge >= 0.3 is 0 Å². The van der Waals surface area contributed by atoms with Gasteiger partial charge < -0.3 is 15.0 Å². The average Bonchev–Trinajstić information content (AvgIpc) is 3.35. The molecular weight excluding hydrogens is 460 g/mol. The maximum Gasteiger partial charge on any atom is 0.261 e. The molecule has 0 aliphatic carbocycles. The van der Waals surface area contributed by atoms with Crippen LogP contribution < -0.4 is 10.1 Å². The van der Waals surface area contributed by atoms with Crippen molar-refractivity contribution in [3.63, 3.8) is 0 Å². The lowest BCUT2D eigenvalue weighted by atomic mass is 10.1. The van der Waals surface area contributed by atoms with Crippen molar-refractivity contribution in [3.8, 4) is 5.75 Å². The fourth-order valence-electron chi connectivity index (χ4n) is 3.05. The van der Waals surface area contributed by atoms with Gasteiger partial charge in [-0.05, 0) is 53.8 Å². The molecule has 0 aliphatic rings. The Balaban J connectivity index is 1.43. The van der Waals surface area contributed by atoms with Crippen molar-refractivity contribution >= 4 is 33.0 Å². The van der Waals surface area contributed by atoms with Crippen molar-refractivity contribution in [3.05, 3.63) is 82.0 Å². The van der Waals surface area contributed by atoms with E-state index >= 15 is 0 Å². The third-order valence-electron chi connectivity index (χ3n) is 4.89. The largest absolute Gasteiger partial charge is 0.493 e. The summed E-state index contributed by atoms with van der Waals surface area (Å²) in [5.74, 6) is 0.257. The number of carbonyl (C=O) groups is 2. The second-order valence-electron chi connectivity index (χ2n) is 7.53. The Morgan fingerprint density at radius 3 is 2.48 bits per heavy atom. The average molecular weight is 487 g/mol. The zero-order valence-corrected chi connectivity index (χ0v) is 20.1. The monoisotopic (exact) mass is 486 g/mol. The molecule has 0 aliphatic heterocycles. The number of hydrogen-bond acceptors (Lipinski definition) is 6. The Morgan fingerprint density at radius 2 is 1.82 bits per heavy atom. The predicted octanol–water partition coefficient (Wildman–Crippen LogP) is 3.62. The molecule has 1 heterocycles. The number of ether oxygens (including phenoxy) is 1. The molecule has 0 bridgehead atoms. The Hall–Kier alpha value is -3.17. The summed E-state index contributed by atoms with van der Waals surface area (Å²) in [6.07, 6.45) is 1.75. The fraction of sp³-hybridized carbons (Fsp3) is 0.250. The van der Waals surface area contributed by atoms with Crippen LogP contribution in [0.2, 0.25) is 0 Å². The number of hydrogen-bond donors (Lipinski definition) is 1. The number of carbonyl (C=O) groups excluding carboxylic acids is 2. The van der Waals surface area contributed by atoms with E-state index in [2.05, 4.69) is 5.32 Å². The maximum atomic E-state index is 12.6. The van der Waals surface area contributed by atoms with Gasteiger partial charge in [0.05, 0.1) is 16.4 Å². The van der Waals surface area contributed by atoms with E-state index in [1.54, 1.807) is 42.3 Å². The molecule has 174 valence electrons. The number of rotatable bonds is 10. The lowest BCUT2D eigenvalue weighted by molar-refractivity contribution is 0.0787. The van der Waals surface area contributed by atoms with Crippen LogP contribution in [0.5, 0.6) is 5.75 Å². The molecule has 0 fully saturated rings. The smallest absolute Gasteiger partial charge is 0.261 e. The Labute approximate surface area is 197 Å². The van der Waals surface area contributed by atoms with Crippen LogP contribution in [0.15, 0.2) is 70.9 Å². The highest BCUT2D eigenvalue weighted by atomic mass is 32.2. The van der Waals surface area contributed by atoms with Crippen LogP contribution in [0.25, 0.3) is 0 Å². The van der Waals surface area contributed by atoms with E-state index in [0.717, 1.165) is 11.8 Å². The summed E-state index contributed by atoms with van der Waals surface area (Å²) in [6, 6.07) is 17.1. The molecule has 3 aromatic rings. The van der Waals surface area contributed by atoms with E-state index in [4.69, 9.17) is 4.74 Å². The molecule has 1 aromatic heterocycles. The molecule has 0 spiro atoms. The lowest BCUT2D eigenvalue weighted by Crippen LogP contribution is -2.28. The van der Waals surface area contributed by atoms with Crippen molar-refractivity contribution in [2.24, 2.45) is 0 Å². The van der Waals surface area contributed by atoms with Crippen LogP contribution in [-0.4, -0.2) is 51.6 Å². The molecule has 33 heavy (non-hydrogen) atoms. The van der Waals surface area contributed by atoms with Gasteiger partial charge in [0, 0.05) is 32.0 Å². The SMILES string of the molecule is CN(CCCOc1cccc(S(C)(=O)=O)c1)C(=O)c1ccc(CNC(=O)c2cccs2)cc1. The van der Waals surface area contributed by atoms with Gasteiger partial charge in [-0.3, -0.25) is 9.59 Å². The van der Waals surface area contributed by atoms with Crippen LogP contribution in [0, 0.1) is 0 Å². The number of nitrogens with one attached hydrogen (secondary N) is 1. The number of nitrogens with zero attached hydrogens (tertiary/aromatic N) is 1. The molecule has 1 N–H and O–H groups in total. The van der Waals surface area contributed by atoms with Gasteiger partial charge in [-0.1, -0.05) is 24.3 Å². The topological polar surface area (TPSA) is 92.8 Å². The third-order valence-corrected chi connectivity index (χ3v) is 6.86. The van der Waals surface area contributed by atoms with E-state index in [9.17, 15) is 18.0 Å². The van der Waals surface area contributed by atoms with Crippen LogP contribution in [0.1, 0.15) is 32.0 Å². The molecule has 0 saturated carbocycles. The van der Waals surface area contributed by atoms with Crippen molar-refractivity contribution in [2.75, 3.05) is 26.5 Å². The van der Waals surface area contributed by atoms with E-state index < -0.39 is 9.84 Å². The van der Waals surface area contributed by atoms with Gasteiger partial charge in [0.15, 0.2) is 9.84 Å². The first-order valence-electron chi connectivity index (χ1n) is 10.3. The van der Waals surface area contributed by atoms with Crippen LogP contribution >= 0.6 is 11.3 Å². The maximum absolute atomic E-state index is 12.6. The molecule has 0 atom stereocenters. The zero-order chi connectivity index (χ0) is 23.8. The van der Waals surface area contributed by atoms with Gasteiger partial charge in [0.1, 0.15) is 5.75 Å². The fourth-order valence-corrected chi connectivity index (χ4v) is 4.35. The standard InChI is InChI=1S/C24H26N2O5S2/c1-26(13-5-14-31-20-6-3-7-21(16-20)33(2,29)30)24(28)19-11-9-18(10-12-19)17-25-23(27)22-8-4-15-32-22/h3-4,6-12,15-16H,5,13-14,17H2,1-2H3,(H,25,27). The highest BCUT2D eigenvalue weighted by Crippen LogP contribution is 2.17. The normalized spacial score (nSPS) is 11.1. The molecule has 0 unspecified atom stereocenters. The highest BCUT2D eigenvalue weighted by Gasteiger charge is 2.12. The first kappa shape index (κ1) is 24.5. The van der Waals surface area contributed by atoms with Gasteiger partial charge in [0.2, 0.25) is 0 Å². The van der Waals surface area contributed by atoms with Crippen molar-refractivity contribution in [1.82, 2.24) is 10.2 Å². The quantitative estimate of drug-likeness (QED) is 0.442. The summed E-state index contributed by atoms with van der Waals surface area (Å²) in [6.45, 7) is 1.23. The Kier molecular flexibility index (Phi) is 8.24. The summed E-state index contributed by atoms with van der Waals surface area (Å²) in [4.78, 5) is 27.2. The number of sulfone groups is 1. The minimum atomic E-state index is -3.29. The van der Waals surface area contributed by atoms with Crippen molar-refractivity contribution in [2.45, 2.75) is 17.9 Å². The van der Waals surface area contributed by atoms with Crippen molar-refractivity contribution in [1.29, 1.82) is 0 Å². The molecule has 0 radical (unpaired) electrons. The number of benzene rings is 2. The molecule has 7 nitrogen and oxygen atoms in total.